The van der Waals surface area contributed by atoms with Crippen LogP contribution >= 0.6 is 11.3 Å². The molecule has 156 valence electrons. The molecule has 2 fully saturated rings. The van der Waals surface area contributed by atoms with Gasteiger partial charge in [-0.2, -0.15) is 0 Å². The molecule has 0 unspecified atom stereocenters. The van der Waals surface area contributed by atoms with Gasteiger partial charge in [-0.3, -0.25) is 14.6 Å². The summed E-state index contributed by atoms with van der Waals surface area (Å²) in [5.41, 5.74) is 4.39. The van der Waals surface area contributed by atoms with Gasteiger partial charge in [-0.1, -0.05) is 30.3 Å². The van der Waals surface area contributed by atoms with Crippen molar-refractivity contribution in [2.24, 2.45) is 5.92 Å². The SMILES string of the molecule is O=C(NCCc1ccccc1)[C@H]1CCCN(C2CCN(Cc3cscn3)CC2)C1. The van der Waals surface area contributed by atoms with E-state index in [0.29, 0.717) is 6.04 Å². The summed E-state index contributed by atoms with van der Waals surface area (Å²) in [4.78, 5) is 22.2. The lowest BCUT2D eigenvalue weighted by Gasteiger charge is -2.42. The molecule has 2 aliphatic rings. The molecular formula is C23H32N4OS. The van der Waals surface area contributed by atoms with Gasteiger partial charge in [0.05, 0.1) is 17.1 Å². The van der Waals surface area contributed by atoms with Gasteiger partial charge in [-0.05, 0) is 44.2 Å². The fraction of sp³-hybridized carbons (Fsp3) is 0.565. The number of nitrogens with one attached hydrogen (secondary N) is 1. The van der Waals surface area contributed by atoms with E-state index in [0.717, 1.165) is 58.5 Å². The Labute approximate surface area is 178 Å². The second kappa shape index (κ2) is 10.3. The summed E-state index contributed by atoms with van der Waals surface area (Å²) in [6, 6.07) is 11.0. The Hall–Kier alpha value is -1.76. The van der Waals surface area contributed by atoms with Gasteiger partial charge in [0, 0.05) is 44.1 Å². The number of carbonyl (C=O) groups excluding carboxylic acids is 1. The highest BCUT2D eigenvalue weighted by Gasteiger charge is 2.31. The first-order chi connectivity index (χ1) is 14.3. The van der Waals surface area contributed by atoms with Crippen molar-refractivity contribution in [3.63, 3.8) is 0 Å². The van der Waals surface area contributed by atoms with Gasteiger partial charge in [0.25, 0.3) is 0 Å². The van der Waals surface area contributed by atoms with Crippen LogP contribution in [0, 0.1) is 5.92 Å². The third-order valence-corrected chi connectivity index (χ3v) is 6.96. The van der Waals surface area contributed by atoms with Gasteiger partial charge in [-0.15, -0.1) is 11.3 Å². The molecule has 1 N–H and O–H groups in total. The van der Waals surface area contributed by atoms with Crippen molar-refractivity contribution in [3.05, 3.63) is 52.5 Å². The summed E-state index contributed by atoms with van der Waals surface area (Å²) in [7, 11) is 0. The number of nitrogens with zero attached hydrogens (tertiary/aromatic N) is 3. The molecule has 0 aliphatic carbocycles. The van der Waals surface area contributed by atoms with Crippen LogP contribution in [0.4, 0.5) is 0 Å². The van der Waals surface area contributed by atoms with Crippen molar-refractivity contribution < 1.29 is 4.79 Å². The molecule has 1 aromatic heterocycles. The predicted molar refractivity (Wildman–Crippen MR) is 118 cm³/mol. The van der Waals surface area contributed by atoms with E-state index in [1.165, 1.54) is 24.1 Å². The number of thiazole rings is 1. The minimum absolute atomic E-state index is 0.146. The minimum Gasteiger partial charge on any atom is -0.355 e. The van der Waals surface area contributed by atoms with Crippen LogP contribution in [0.5, 0.6) is 0 Å². The maximum absolute atomic E-state index is 12.7. The van der Waals surface area contributed by atoms with E-state index < -0.39 is 0 Å². The van der Waals surface area contributed by atoms with Gasteiger partial charge in [-0.25, -0.2) is 4.98 Å². The molecule has 2 saturated heterocycles. The maximum atomic E-state index is 12.7. The zero-order chi connectivity index (χ0) is 19.9. The van der Waals surface area contributed by atoms with Crippen LogP contribution in [0.3, 0.4) is 0 Å². The summed E-state index contributed by atoms with van der Waals surface area (Å²) < 4.78 is 0. The lowest BCUT2D eigenvalue weighted by Crippen LogP contribution is -2.50. The van der Waals surface area contributed by atoms with Crippen molar-refractivity contribution in [1.29, 1.82) is 0 Å². The predicted octanol–water partition coefficient (Wildman–Crippen LogP) is 3.18. The summed E-state index contributed by atoms with van der Waals surface area (Å²) in [5, 5.41) is 5.33. The number of hydrogen-bond donors (Lipinski definition) is 1. The fourth-order valence-corrected chi connectivity index (χ4v) is 5.21. The topological polar surface area (TPSA) is 48.5 Å². The van der Waals surface area contributed by atoms with Gasteiger partial charge in [0.1, 0.15) is 0 Å². The molecule has 4 rings (SSSR count). The summed E-state index contributed by atoms with van der Waals surface area (Å²) >= 11 is 1.67. The molecule has 5 nitrogen and oxygen atoms in total. The van der Waals surface area contributed by atoms with Crippen LogP contribution in [-0.2, 0) is 17.8 Å². The molecule has 3 heterocycles. The van der Waals surface area contributed by atoms with Crippen molar-refractivity contribution in [2.45, 2.75) is 44.7 Å². The molecule has 0 spiro atoms. The van der Waals surface area contributed by atoms with Gasteiger partial charge < -0.3 is 5.32 Å². The Morgan fingerprint density at radius 1 is 1.14 bits per heavy atom. The van der Waals surface area contributed by atoms with E-state index in [2.05, 4.69) is 49.7 Å². The summed E-state index contributed by atoms with van der Waals surface area (Å²) in [6.07, 6.45) is 5.46. The number of amides is 1. The quantitative estimate of drug-likeness (QED) is 0.759. The second-order valence-corrected chi connectivity index (χ2v) is 9.07. The summed E-state index contributed by atoms with van der Waals surface area (Å²) in [6.45, 7) is 6.04. The van der Waals surface area contributed by atoms with Crippen LogP contribution in [0.1, 0.15) is 36.9 Å². The number of carbonyl (C=O) groups is 1. The molecule has 2 aliphatic heterocycles. The van der Waals surface area contributed by atoms with Gasteiger partial charge in [0.2, 0.25) is 5.91 Å². The maximum Gasteiger partial charge on any atom is 0.224 e. The van der Waals surface area contributed by atoms with Gasteiger partial charge >= 0.3 is 0 Å². The average Bonchev–Trinajstić information content (AvgIpc) is 3.28. The highest BCUT2D eigenvalue weighted by atomic mass is 32.1. The van der Waals surface area contributed by atoms with Crippen molar-refractivity contribution in [1.82, 2.24) is 20.1 Å². The number of likely N-dealkylation sites (tertiary alicyclic amines) is 2. The lowest BCUT2D eigenvalue weighted by molar-refractivity contribution is -0.127. The standard InChI is InChI=1S/C23H32N4OS/c28-23(24-11-8-19-5-2-1-3-6-19)20-7-4-12-27(15-20)22-9-13-26(14-10-22)16-21-17-29-18-25-21/h1-3,5-6,17-18,20,22H,4,7-16H2,(H,24,28)/t20-/m0/s1. The second-order valence-electron chi connectivity index (χ2n) is 8.35. The van der Waals surface area contributed by atoms with E-state index >= 15 is 0 Å². The summed E-state index contributed by atoms with van der Waals surface area (Å²) in [5.74, 6) is 0.388. The van der Waals surface area contributed by atoms with Crippen LogP contribution in [0.25, 0.3) is 0 Å². The van der Waals surface area contributed by atoms with Crippen molar-refractivity contribution >= 4 is 17.2 Å². The highest BCUT2D eigenvalue weighted by molar-refractivity contribution is 7.07. The first-order valence-electron chi connectivity index (χ1n) is 10.9. The first-order valence-corrected chi connectivity index (χ1v) is 11.9. The van der Waals surface area contributed by atoms with Crippen LogP contribution < -0.4 is 5.32 Å². The number of hydrogen-bond acceptors (Lipinski definition) is 5. The molecule has 1 amide bonds. The Morgan fingerprint density at radius 3 is 2.72 bits per heavy atom. The first kappa shape index (κ1) is 20.5. The monoisotopic (exact) mass is 412 g/mol. The molecule has 29 heavy (non-hydrogen) atoms. The van der Waals surface area contributed by atoms with Gasteiger partial charge in [0.15, 0.2) is 0 Å². The fourth-order valence-electron chi connectivity index (χ4n) is 4.66. The molecule has 1 atom stereocenters. The Kier molecular flexibility index (Phi) is 7.30. The molecule has 1 aromatic carbocycles. The molecule has 0 bridgehead atoms. The van der Waals surface area contributed by atoms with E-state index in [9.17, 15) is 4.79 Å². The number of rotatable bonds is 7. The van der Waals surface area contributed by atoms with E-state index in [1.807, 2.05) is 11.6 Å². The Morgan fingerprint density at radius 2 is 1.97 bits per heavy atom. The molecule has 2 aromatic rings. The zero-order valence-electron chi connectivity index (χ0n) is 17.1. The normalized spacial score (nSPS) is 21.9. The number of benzene rings is 1. The Balaban J connectivity index is 1.19. The molecule has 6 heteroatoms. The molecule has 0 radical (unpaired) electrons. The average molecular weight is 413 g/mol. The van der Waals surface area contributed by atoms with Crippen molar-refractivity contribution in [3.8, 4) is 0 Å². The largest absolute Gasteiger partial charge is 0.355 e. The zero-order valence-corrected chi connectivity index (χ0v) is 17.9. The van der Waals surface area contributed by atoms with E-state index in [1.54, 1.807) is 11.3 Å². The number of aromatic nitrogens is 1. The number of piperidine rings is 2. The minimum atomic E-state index is 0.146. The Bertz CT molecular complexity index is 744. The van der Waals surface area contributed by atoms with Crippen LogP contribution in [0.2, 0.25) is 0 Å². The molecule has 0 saturated carbocycles. The van der Waals surface area contributed by atoms with Crippen molar-refractivity contribution in [2.75, 3.05) is 32.7 Å². The third-order valence-electron chi connectivity index (χ3n) is 6.32. The lowest BCUT2D eigenvalue weighted by atomic mass is 9.93. The third kappa shape index (κ3) is 5.87. The molecular weight excluding hydrogens is 380 g/mol. The van der Waals surface area contributed by atoms with E-state index in [-0.39, 0.29) is 11.8 Å². The highest BCUT2D eigenvalue weighted by Crippen LogP contribution is 2.24. The van der Waals surface area contributed by atoms with Crippen LogP contribution in [-0.4, -0.2) is 59.5 Å². The smallest absolute Gasteiger partial charge is 0.224 e. The van der Waals surface area contributed by atoms with Crippen LogP contribution in [0.15, 0.2) is 41.2 Å². The van der Waals surface area contributed by atoms with E-state index in [4.69, 9.17) is 0 Å².